The summed E-state index contributed by atoms with van der Waals surface area (Å²) in [6, 6.07) is 4.08. The molecule has 0 saturated heterocycles. The molecule has 0 spiro atoms. The molecule has 1 atom stereocenters. The fourth-order valence-electron chi connectivity index (χ4n) is 1.52. The fourth-order valence-corrected chi connectivity index (χ4v) is 2.11. The van der Waals surface area contributed by atoms with E-state index in [2.05, 4.69) is 5.32 Å². The smallest absolute Gasteiger partial charge is 0.292 e. The molecule has 1 amide bonds. The van der Waals surface area contributed by atoms with Crippen molar-refractivity contribution in [3.63, 3.8) is 0 Å². The second kappa shape index (κ2) is 6.98. The molecule has 0 bridgehead atoms. The van der Waals surface area contributed by atoms with Gasteiger partial charge in [-0.1, -0.05) is 0 Å². The molecule has 1 aromatic rings. The third kappa shape index (κ3) is 4.44. The summed E-state index contributed by atoms with van der Waals surface area (Å²) in [4.78, 5) is 22.1. The molecule has 0 aromatic heterocycles. The average Bonchev–Trinajstić information content (AvgIpc) is 2.36. The van der Waals surface area contributed by atoms with E-state index in [9.17, 15) is 14.9 Å². The second-order valence-corrected chi connectivity index (χ2v) is 5.17. The molecule has 0 radical (unpaired) electrons. The first kappa shape index (κ1) is 15.3. The minimum Gasteiger partial charge on any atom is -0.393 e. The molecule has 1 aromatic carbocycles. The van der Waals surface area contributed by atoms with E-state index in [1.54, 1.807) is 11.8 Å². The Morgan fingerprint density at radius 1 is 1.58 bits per heavy atom. The minimum absolute atomic E-state index is 0.0246. The van der Waals surface area contributed by atoms with Gasteiger partial charge in [-0.2, -0.15) is 11.8 Å². The van der Waals surface area contributed by atoms with Crippen LogP contribution in [0.5, 0.6) is 0 Å². The van der Waals surface area contributed by atoms with Crippen molar-refractivity contribution in [1.82, 2.24) is 5.32 Å². The summed E-state index contributed by atoms with van der Waals surface area (Å²) < 4.78 is 0. The number of nitro groups is 1. The summed E-state index contributed by atoms with van der Waals surface area (Å²) in [7, 11) is 0. The van der Waals surface area contributed by atoms with E-state index in [1.807, 2.05) is 13.2 Å². The topological polar surface area (TPSA) is 98.3 Å². The lowest BCUT2D eigenvalue weighted by Crippen LogP contribution is -2.32. The van der Waals surface area contributed by atoms with Gasteiger partial charge in [0, 0.05) is 17.7 Å². The number of hydrogen-bond donors (Lipinski definition) is 2. The predicted octanol–water partition coefficient (Wildman–Crippen LogP) is 2.05. The van der Waals surface area contributed by atoms with Crippen LogP contribution in [0.3, 0.4) is 0 Å². The van der Waals surface area contributed by atoms with Crippen LogP contribution >= 0.6 is 11.8 Å². The molecule has 3 N–H and O–H groups in total. The van der Waals surface area contributed by atoms with Crippen LogP contribution in [-0.2, 0) is 0 Å². The van der Waals surface area contributed by atoms with Crippen LogP contribution in [0.25, 0.3) is 0 Å². The van der Waals surface area contributed by atoms with Gasteiger partial charge in [-0.05, 0) is 37.5 Å². The van der Waals surface area contributed by atoms with Gasteiger partial charge in [0.05, 0.1) is 4.92 Å². The number of thioether (sulfide) groups is 1. The normalized spacial score (nSPS) is 11.9. The number of anilines is 1. The van der Waals surface area contributed by atoms with Gasteiger partial charge in [0.2, 0.25) is 0 Å². The summed E-state index contributed by atoms with van der Waals surface area (Å²) in [6.07, 6.45) is 2.85. The molecule has 104 valence electrons. The van der Waals surface area contributed by atoms with Crippen molar-refractivity contribution in [3.8, 4) is 0 Å². The zero-order valence-corrected chi connectivity index (χ0v) is 11.7. The van der Waals surface area contributed by atoms with Gasteiger partial charge in [0.15, 0.2) is 0 Å². The summed E-state index contributed by atoms with van der Waals surface area (Å²) in [5.74, 6) is 0.625. The van der Waals surface area contributed by atoms with Crippen molar-refractivity contribution in [1.29, 1.82) is 0 Å². The molecule has 0 heterocycles. The quantitative estimate of drug-likeness (QED) is 0.473. The molecular weight excluding hydrogens is 266 g/mol. The second-order valence-electron chi connectivity index (χ2n) is 4.19. The van der Waals surface area contributed by atoms with Crippen molar-refractivity contribution in [2.24, 2.45) is 0 Å². The Kier molecular flexibility index (Phi) is 5.62. The summed E-state index contributed by atoms with van der Waals surface area (Å²) in [5.41, 5.74) is 5.54. The molecule has 6 nitrogen and oxygen atoms in total. The van der Waals surface area contributed by atoms with Crippen LogP contribution in [0.1, 0.15) is 23.7 Å². The highest BCUT2D eigenvalue weighted by molar-refractivity contribution is 7.98. The zero-order chi connectivity index (χ0) is 14.4. The Bertz CT molecular complexity index is 479. The van der Waals surface area contributed by atoms with Crippen LogP contribution in [0, 0.1) is 10.1 Å². The van der Waals surface area contributed by atoms with Crippen LogP contribution in [0.4, 0.5) is 11.4 Å². The van der Waals surface area contributed by atoms with Gasteiger partial charge in [0.25, 0.3) is 11.6 Å². The van der Waals surface area contributed by atoms with E-state index in [-0.39, 0.29) is 28.9 Å². The Balaban J connectivity index is 2.77. The van der Waals surface area contributed by atoms with Gasteiger partial charge in [-0.15, -0.1) is 0 Å². The molecule has 19 heavy (non-hydrogen) atoms. The number of rotatable bonds is 6. The lowest BCUT2D eigenvalue weighted by molar-refractivity contribution is -0.383. The molecule has 0 aliphatic heterocycles. The van der Waals surface area contributed by atoms with Crippen LogP contribution < -0.4 is 11.1 Å². The number of amides is 1. The van der Waals surface area contributed by atoms with Gasteiger partial charge >= 0.3 is 0 Å². The van der Waals surface area contributed by atoms with Crippen molar-refractivity contribution in [2.75, 3.05) is 17.7 Å². The van der Waals surface area contributed by atoms with E-state index in [0.29, 0.717) is 0 Å². The molecule has 0 fully saturated rings. The first-order valence-electron chi connectivity index (χ1n) is 5.79. The highest BCUT2D eigenvalue weighted by Crippen LogP contribution is 2.22. The molecule has 1 rings (SSSR count). The highest BCUT2D eigenvalue weighted by Gasteiger charge is 2.16. The van der Waals surface area contributed by atoms with Crippen LogP contribution in [0.2, 0.25) is 0 Å². The maximum Gasteiger partial charge on any atom is 0.292 e. The van der Waals surface area contributed by atoms with E-state index < -0.39 is 4.92 Å². The molecular formula is C12H17N3O3S. The molecule has 0 aliphatic carbocycles. The van der Waals surface area contributed by atoms with Crippen molar-refractivity contribution < 1.29 is 9.72 Å². The summed E-state index contributed by atoms with van der Waals surface area (Å²) in [5, 5.41) is 13.6. The monoisotopic (exact) mass is 283 g/mol. The fraction of sp³-hybridized carbons (Fsp3) is 0.417. The van der Waals surface area contributed by atoms with E-state index in [4.69, 9.17) is 5.73 Å². The highest BCUT2D eigenvalue weighted by atomic mass is 32.2. The van der Waals surface area contributed by atoms with Crippen LogP contribution in [-0.4, -0.2) is 28.9 Å². The number of nitro benzene ring substituents is 1. The van der Waals surface area contributed by atoms with Crippen LogP contribution in [0.15, 0.2) is 18.2 Å². The first-order chi connectivity index (χ1) is 8.95. The predicted molar refractivity (Wildman–Crippen MR) is 77.4 cm³/mol. The SMILES string of the molecule is CSCCC(C)NC(=O)c1ccc(N)c([N+](=O)[O-])c1. The maximum absolute atomic E-state index is 11.9. The number of nitrogens with zero attached hydrogens (tertiary/aromatic N) is 1. The number of carbonyl (C=O) groups is 1. The zero-order valence-electron chi connectivity index (χ0n) is 10.9. The average molecular weight is 283 g/mol. The number of hydrogen-bond acceptors (Lipinski definition) is 5. The minimum atomic E-state index is -0.594. The van der Waals surface area contributed by atoms with Crippen molar-refractivity contribution >= 4 is 29.0 Å². The van der Waals surface area contributed by atoms with E-state index in [0.717, 1.165) is 12.2 Å². The standard InChI is InChI=1S/C12H17N3O3S/c1-8(5-6-19-2)14-12(16)9-3-4-10(13)11(7-9)15(17)18/h3-4,7-8H,5-6,13H2,1-2H3,(H,14,16). The Hall–Kier alpha value is -1.76. The van der Waals surface area contributed by atoms with E-state index >= 15 is 0 Å². The Morgan fingerprint density at radius 2 is 2.26 bits per heavy atom. The van der Waals surface area contributed by atoms with Gasteiger partial charge in [-0.3, -0.25) is 14.9 Å². The largest absolute Gasteiger partial charge is 0.393 e. The first-order valence-corrected chi connectivity index (χ1v) is 7.18. The molecule has 7 heteroatoms. The van der Waals surface area contributed by atoms with E-state index in [1.165, 1.54) is 18.2 Å². The Labute approximate surface area is 115 Å². The van der Waals surface area contributed by atoms with Gasteiger partial charge < -0.3 is 11.1 Å². The Morgan fingerprint density at radius 3 is 2.84 bits per heavy atom. The number of benzene rings is 1. The van der Waals surface area contributed by atoms with Crippen molar-refractivity contribution in [3.05, 3.63) is 33.9 Å². The maximum atomic E-state index is 11.9. The lowest BCUT2D eigenvalue weighted by Gasteiger charge is -2.13. The summed E-state index contributed by atoms with van der Waals surface area (Å²) >= 11 is 1.70. The number of nitrogen functional groups attached to an aromatic ring is 1. The summed E-state index contributed by atoms with van der Waals surface area (Å²) in [6.45, 7) is 1.90. The van der Waals surface area contributed by atoms with Crippen molar-refractivity contribution in [2.45, 2.75) is 19.4 Å². The third-order valence-electron chi connectivity index (χ3n) is 2.62. The number of carbonyl (C=O) groups excluding carboxylic acids is 1. The third-order valence-corrected chi connectivity index (χ3v) is 3.27. The lowest BCUT2D eigenvalue weighted by atomic mass is 10.1. The number of nitrogens with one attached hydrogen (secondary N) is 1. The van der Waals surface area contributed by atoms with Gasteiger partial charge in [0.1, 0.15) is 5.69 Å². The molecule has 0 aliphatic rings. The number of nitrogens with two attached hydrogens (primary N) is 1. The molecule has 0 saturated carbocycles. The molecule has 1 unspecified atom stereocenters. The van der Waals surface area contributed by atoms with Gasteiger partial charge in [-0.25, -0.2) is 0 Å².